The van der Waals surface area contributed by atoms with Crippen molar-refractivity contribution in [2.75, 3.05) is 0 Å². The van der Waals surface area contributed by atoms with Crippen molar-refractivity contribution >= 4 is 17.7 Å². The Hall–Kier alpha value is -3.51. The number of hydrogen-bond donors (Lipinski definition) is 2. The Bertz CT molecular complexity index is 787. The summed E-state index contributed by atoms with van der Waals surface area (Å²) < 4.78 is 5.04. The third-order valence-electron chi connectivity index (χ3n) is 3.62. The first-order valence-electron chi connectivity index (χ1n) is 7.92. The average Bonchev–Trinajstić information content (AvgIpc) is 2.65. The zero-order valence-electron chi connectivity index (χ0n) is 13.9. The molecule has 0 aliphatic carbocycles. The second kappa shape index (κ2) is 9.71. The third kappa shape index (κ3) is 6.18. The Morgan fingerprint density at radius 2 is 1.81 bits per heavy atom. The number of benzene rings is 2. The Kier molecular flexibility index (Phi) is 7.03. The molecule has 2 aromatic rings. The van der Waals surface area contributed by atoms with Crippen molar-refractivity contribution in [3.63, 3.8) is 0 Å². The topological polar surface area (TPSA) is 124 Å². The second-order valence-electron chi connectivity index (χ2n) is 5.49. The number of nitrogens with one attached hydrogen (secondary N) is 1. The predicted octanol–water partition coefficient (Wildman–Crippen LogP) is 3.94. The SMILES string of the molecule is [N-]=[N+]=Nc1ccc(COC(=O)NC(CCc2ccccc2)C(=O)O)cc1. The Balaban J connectivity index is 1.83. The van der Waals surface area contributed by atoms with Gasteiger partial charge in [0.05, 0.1) is 0 Å². The number of carboxylic acid groups (broad SMARTS) is 1. The number of alkyl carbamates (subject to hydrolysis) is 1. The average molecular weight is 354 g/mol. The molecular formula is C18H18N4O4. The van der Waals surface area contributed by atoms with Gasteiger partial charge < -0.3 is 15.2 Å². The first kappa shape index (κ1) is 18.8. The monoisotopic (exact) mass is 354 g/mol. The first-order chi connectivity index (χ1) is 12.6. The van der Waals surface area contributed by atoms with E-state index in [4.69, 9.17) is 10.3 Å². The van der Waals surface area contributed by atoms with Crippen LogP contribution in [-0.2, 0) is 22.6 Å². The van der Waals surface area contributed by atoms with Gasteiger partial charge in [0.2, 0.25) is 0 Å². The molecule has 0 bridgehead atoms. The smallest absolute Gasteiger partial charge is 0.408 e. The molecule has 134 valence electrons. The molecular weight excluding hydrogens is 336 g/mol. The van der Waals surface area contributed by atoms with Crippen LogP contribution in [0.5, 0.6) is 0 Å². The molecule has 26 heavy (non-hydrogen) atoms. The Labute approximate surface area is 150 Å². The molecule has 1 amide bonds. The number of amides is 1. The number of ether oxygens (including phenoxy) is 1. The van der Waals surface area contributed by atoms with Crippen LogP contribution in [0.25, 0.3) is 10.4 Å². The number of rotatable bonds is 8. The largest absolute Gasteiger partial charge is 0.480 e. The fraction of sp³-hybridized carbons (Fsp3) is 0.222. The van der Waals surface area contributed by atoms with Gasteiger partial charge in [0.25, 0.3) is 0 Å². The lowest BCUT2D eigenvalue weighted by atomic mass is 10.1. The van der Waals surface area contributed by atoms with E-state index in [1.54, 1.807) is 24.3 Å². The van der Waals surface area contributed by atoms with Gasteiger partial charge in [-0.25, -0.2) is 9.59 Å². The summed E-state index contributed by atoms with van der Waals surface area (Å²) >= 11 is 0. The number of carbonyl (C=O) groups excluding carboxylic acids is 1. The molecule has 2 N–H and O–H groups in total. The van der Waals surface area contributed by atoms with Crippen molar-refractivity contribution in [1.29, 1.82) is 0 Å². The number of aliphatic carboxylic acids is 1. The van der Waals surface area contributed by atoms with Crippen LogP contribution in [0.2, 0.25) is 0 Å². The fourth-order valence-electron chi connectivity index (χ4n) is 2.26. The minimum atomic E-state index is -1.11. The standard InChI is InChI=1S/C18H18N4O4/c19-22-21-15-9-6-14(7-10-15)12-26-18(25)20-16(17(23)24)11-8-13-4-2-1-3-5-13/h1-7,9-10,16H,8,11-12H2,(H,20,25)(H,23,24). The van der Waals surface area contributed by atoms with Crippen molar-refractivity contribution in [3.8, 4) is 0 Å². The van der Waals surface area contributed by atoms with Crippen LogP contribution in [0, 0.1) is 0 Å². The molecule has 0 aliphatic rings. The van der Waals surface area contributed by atoms with E-state index >= 15 is 0 Å². The molecule has 8 heteroatoms. The van der Waals surface area contributed by atoms with Crippen molar-refractivity contribution in [2.45, 2.75) is 25.5 Å². The highest BCUT2D eigenvalue weighted by molar-refractivity contribution is 5.79. The molecule has 0 aliphatic heterocycles. The maximum absolute atomic E-state index is 11.8. The number of carbonyl (C=O) groups is 2. The number of hydrogen-bond acceptors (Lipinski definition) is 4. The highest BCUT2D eigenvalue weighted by atomic mass is 16.5. The molecule has 0 aromatic heterocycles. The molecule has 8 nitrogen and oxygen atoms in total. The summed E-state index contributed by atoms with van der Waals surface area (Å²) in [6.45, 7) is -0.0204. The van der Waals surface area contributed by atoms with Gasteiger partial charge in [-0.05, 0) is 29.5 Å². The van der Waals surface area contributed by atoms with E-state index in [2.05, 4.69) is 15.3 Å². The Morgan fingerprint density at radius 1 is 1.12 bits per heavy atom. The molecule has 0 spiro atoms. The predicted molar refractivity (Wildman–Crippen MR) is 94.8 cm³/mol. The lowest BCUT2D eigenvalue weighted by Crippen LogP contribution is -2.41. The normalized spacial score (nSPS) is 11.1. The van der Waals surface area contributed by atoms with Gasteiger partial charge in [0.1, 0.15) is 12.6 Å². The molecule has 0 fully saturated rings. The zero-order chi connectivity index (χ0) is 18.8. The quantitative estimate of drug-likeness (QED) is 0.423. The first-order valence-corrected chi connectivity index (χ1v) is 7.92. The van der Waals surface area contributed by atoms with Crippen LogP contribution >= 0.6 is 0 Å². The van der Waals surface area contributed by atoms with Crippen LogP contribution in [0.4, 0.5) is 10.5 Å². The van der Waals surface area contributed by atoms with Crippen LogP contribution in [0.1, 0.15) is 17.5 Å². The van der Waals surface area contributed by atoms with Gasteiger partial charge in [-0.1, -0.05) is 59.7 Å². The van der Waals surface area contributed by atoms with E-state index in [0.717, 1.165) is 5.56 Å². The van der Waals surface area contributed by atoms with Crippen molar-refractivity contribution in [2.24, 2.45) is 5.11 Å². The fourth-order valence-corrected chi connectivity index (χ4v) is 2.26. The number of carboxylic acids is 1. The summed E-state index contributed by atoms with van der Waals surface area (Å²) in [5.74, 6) is -1.11. The van der Waals surface area contributed by atoms with E-state index in [0.29, 0.717) is 17.7 Å². The lowest BCUT2D eigenvalue weighted by molar-refractivity contribution is -0.139. The van der Waals surface area contributed by atoms with Crippen molar-refractivity contribution in [1.82, 2.24) is 5.32 Å². The Morgan fingerprint density at radius 3 is 2.42 bits per heavy atom. The van der Waals surface area contributed by atoms with Crippen LogP contribution in [0.15, 0.2) is 59.7 Å². The minimum Gasteiger partial charge on any atom is -0.480 e. The van der Waals surface area contributed by atoms with E-state index in [-0.39, 0.29) is 13.0 Å². The summed E-state index contributed by atoms with van der Waals surface area (Å²) in [5, 5.41) is 15.1. The van der Waals surface area contributed by atoms with Crippen LogP contribution in [0.3, 0.4) is 0 Å². The maximum atomic E-state index is 11.8. The molecule has 2 rings (SSSR count). The van der Waals surface area contributed by atoms with Crippen molar-refractivity contribution < 1.29 is 19.4 Å². The third-order valence-corrected chi connectivity index (χ3v) is 3.62. The van der Waals surface area contributed by atoms with E-state index in [1.807, 2.05) is 30.3 Å². The summed E-state index contributed by atoms with van der Waals surface area (Å²) in [6, 6.07) is 14.9. The van der Waals surface area contributed by atoms with Gasteiger partial charge in [-0.2, -0.15) is 0 Å². The van der Waals surface area contributed by atoms with Gasteiger partial charge in [-0.15, -0.1) is 0 Å². The summed E-state index contributed by atoms with van der Waals surface area (Å²) in [7, 11) is 0. The van der Waals surface area contributed by atoms with E-state index in [9.17, 15) is 14.7 Å². The molecule has 1 atom stereocenters. The molecule has 1 unspecified atom stereocenters. The number of aryl methyl sites for hydroxylation is 1. The highest BCUT2D eigenvalue weighted by Crippen LogP contribution is 2.13. The number of azide groups is 1. The lowest BCUT2D eigenvalue weighted by Gasteiger charge is -2.14. The second-order valence-corrected chi connectivity index (χ2v) is 5.49. The molecule has 2 aromatic carbocycles. The minimum absolute atomic E-state index is 0.0204. The molecule has 0 heterocycles. The number of nitrogens with zero attached hydrogens (tertiary/aromatic N) is 3. The summed E-state index contributed by atoms with van der Waals surface area (Å²) in [6.07, 6.45) is -0.0153. The van der Waals surface area contributed by atoms with E-state index in [1.165, 1.54) is 0 Å². The van der Waals surface area contributed by atoms with Crippen LogP contribution in [-0.4, -0.2) is 23.2 Å². The summed E-state index contributed by atoms with van der Waals surface area (Å²) in [4.78, 5) is 25.8. The maximum Gasteiger partial charge on any atom is 0.408 e. The van der Waals surface area contributed by atoms with Gasteiger partial charge in [0.15, 0.2) is 0 Å². The summed E-state index contributed by atoms with van der Waals surface area (Å²) in [5.41, 5.74) is 10.5. The van der Waals surface area contributed by atoms with Gasteiger partial charge in [-0.3, -0.25) is 0 Å². The molecule has 0 saturated carbocycles. The van der Waals surface area contributed by atoms with Crippen molar-refractivity contribution in [3.05, 3.63) is 76.2 Å². The van der Waals surface area contributed by atoms with Gasteiger partial charge >= 0.3 is 12.1 Å². The molecule has 0 saturated heterocycles. The van der Waals surface area contributed by atoms with E-state index < -0.39 is 18.1 Å². The molecule has 0 radical (unpaired) electrons. The highest BCUT2D eigenvalue weighted by Gasteiger charge is 2.20. The van der Waals surface area contributed by atoms with Crippen LogP contribution < -0.4 is 5.32 Å². The zero-order valence-corrected chi connectivity index (χ0v) is 13.9. The van der Waals surface area contributed by atoms with Gasteiger partial charge in [0, 0.05) is 10.6 Å².